The van der Waals surface area contributed by atoms with E-state index in [-0.39, 0.29) is 6.42 Å². The molecule has 0 spiro atoms. The van der Waals surface area contributed by atoms with E-state index >= 15 is 0 Å². The van der Waals surface area contributed by atoms with Crippen molar-refractivity contribution in [2.24, 2.45) is 5.73 Å². The average molecular weight is 270 g/mol. The van der Waals surface area contributed by atoms with E-state index in [0.717, 1.165) is 19.3 Å². The Labute approximate surface area is 103 Å². The Morgan fingerprint density at radius 1 is 1.28 bits per heavy atom. The summed E-state index contributed by atoms with van der Waals surface area (Å²) < 4.78 is 48.9. The Hall–Kier alpha value is -0.850. The minimum atomic E-state index is -4.19. The fraction of sp³-hybridized carbons (Fsp3) is 0.909. The van der Waals surface area contributed by atoms with Crippen molar-refractivity contribution in [2.75, 3.05) is 6.54 Å². The van der Waals surface area contributed by atoms with Gasteiger partial charge in [-0.15, -0.1) is 0 Å². The molecule has 0 atom stereocenters. The van der Waals surface area contributed by atoms with Crippen molar-refractivity contribution >= 4 is 5.91 Å². The molecule has 1 saturated carbocycles. The lowest BCUT2D eigenvalue weighted by molar-refractivity contribution is -0.137. The van der Waals surface area contributed by atoms with Crippen molar-refractivity contribution in [3.05, 3.63) is 0 Å². The monoisotopic (exact) mass is 270 g/mol. The first-order valence-corrected chi connectivity index (χ1v) is 5.97. The van der Waals surface area contributed by atoms with E-state index in [1.165, 1.54) is 0 Å². The molecule has 0 aliphatic heterocycles. The summed E-state index contributed by atoms with van der Waals surface area (Å²) in [5, 5.41) is 1.83. The van der Waals surface area contributed by atoms with Crippen LogP contribution in [0.4, 0.5) is 17.6 Å². The average Bonchev–Trinajstić information content (AvgIpc) is 2.26. The number of nitrogens with two attached hydrogens (primary N) is 1. The first kappa shape index (κ1) is 15.2. The number of carbonyl (C=O) groups excluding carboxylic acids is 1. The Bertz CT molecular complexity index is 291. The standard InChI is InChI=1S/C11H18F4N2O/c12-9(13)11(14,15)7-17-8(18)6-10(16)4-2-1-3-5-10/h9H,1-7,16H2,(H,17,18). The number of alkyl halides is 4. The van der Waals surface area contributed by atoms with E-state index in [0.29, 0.717) is 12.8 Å². The second-order valence-electron chi connectivity index (χ2n) is 4.94. The fourth-order valence-electron chi connectivity index (χ4n) is 2.11. The van der Waals surface area contributed by atoms with Gasteiger partial charge in [-0.2, -0.15) is 8.78 Å². The van der Waals surface area contributed by atoms with Gasteiger partial charge in [0.25, 0.3) is 0 Å². The van der Waals surface area contributed by atoms with E-state index < -0.39 is 30.3 Å². The highest BCUT2D eigenvalue weighted by atomic mass is 19.3. The van der Waals surface area contributed by atoms with Crippen LogP contribution >= 0.6 is 0 Å². The number of carbonyl (C=O) groups is 1. The van der Waals surface area contributed by atoms with Crippen LogP contribution in [0.25, 0.3) is 0 Å². The van der Waals surface area contributed by atoms with Gasteiger partial charge in [0.1, 0.15) is 0 Å². The fourth-order valence-corrected chi connectivity index (χ4v) is 2.11. The molecule has 0 aromatic heterocycles. The maximum atomic E-state index is 12.6. The molecule has 0 bridgehead atoms. The van der Waals surface area contributed by atoms with Gasteiger partial charge in [-0.3, -0.25) is 4.79 Å². The summed E-state index contributed by atoms with van der Waals surface area (Å²) in [6.07, 6.45) is 0.293. The molecule has 1 rings (SSSR count). The van der Waals surface area contributed by atoms with Gasteiger partial charge < -0.3 is 11.1 Å². The molecule has 1 fully saturated rings. The molecular formula is C11H18F4N2O. The smallest absolute Gasteiger partial charge is 0.324 e. The van der Waals surface area contributed by atoms with Gasteiger partial charge in [-0.1, -0.05) is 19.3 Å². The second-order valence-corrected chi connectivity index (χ2v) is 4.94. The maximum absolute atomic E-state index is 12.6. The number of nitrogens with one attached hydrogen (secondary N) is 1. The summed E-state index contributed by atoms with van der Waals surface area (Å²) in [6, 6.07) is 0. The summed E-state index contributed by atoms with van der Waals surface area (Å²) in [6.45, 7) is -1.35. The second kappa shape index (κ2) is 5.86. The van der Waals surface area contributed by atoms with Crippen LogP contribution in [-0.2, 0) is 4.79 Å². The van der Waals surface area contributed by atoms with Crippen molar-refractivity contribution in [2.45, 2.75) is 56.4 Å². The zero-order valence-corrected chi connectivity index (χ0v) is 10.0. The summed E-state index contributed by atoms with van der Waals surface area (Å²) in [5.74, 6) is -4.89. The van der Waals surface area contributed by atoms with Crippen molar-refractivity contribution in [3.63, 3.8) is 0 Å². The number of rotatable bonds is 5. The van der Waals surface area contributed by atoms with Crippen LogP contribution < -0.4 is 11.1 Å². The van der Waals surface area contributed by atoms with E-state index in [2.05, 4.69) is 0 Å². The molecule has 1 aliphatic rings. The Balaban J connectivity index is 2.37. The Morgan fingerprint density at radius 2 is 1.83 bits per heavy atom. The van der Waals surface area contributed by atoms with Gasteiger partial charge in [-0.05, 0) is 12.8 Å². The molecule has 1 aliphatic carbocycles. The molecule has 1 amide bonds. The molecule has 3 N–H and O–H groups in total. The molecule has 106 valence electrons. The Kier molecular flexibility index (Phi) is 4.95. The quantitative estimate of drug-likeness (QED) is 0.751. The molecular weight excluding hydrogens is 252 g/mol. The van der Waals surface area contributed by atoms with Crippen LogP contribution in [0.15, 0.2) is 0 Å². The lowest BCUT2D eigenvalue weighted by Gasteiger charge is -2.32. The van der Waals surface area contributed by atoms with E-state index in [1.54, 1.807) is 0 Å². The highest BCUT2D eigenvalue weighted by Crippen LogP contribution is 2.28. The molecule has 0 aromatic rings. The number of amides is 1. The molecule has 7 heteroatoms. The van der Waals surface area contributed by atoms with Crippen LogP contribution in [0.5, 0.6) is 0 Å². The third kappa shape index (κ3) is 4.44. The predicted molar refractivity (Wildman–Crippen MR) is 58.6 cm³/mol. The van der Waals surface area contributed by atoms with Gasteiger partial charge in [0.15, 0.2) is 0 Å². The summed E-state index contributed by atoms with van der Waals surface area (Å²) in [7, 11) is 0. The van der Waals surface area contributed by atoms with Gasteiger partial charge >= 0.3 is 12.3 Å². The van der Waals surface area contributed by atoms with E-state index in [4.69, 9.17) is 5.73 Å². The molecule has 0 saturated heterocycles. The highest BCUT2D eigenvalue weighted by Gasteiger charge is 2.41. The normalized spacial score (nSPS) is 19.9. The number of hydrogen-bond donors (Lipinski definition) is 2. The minimum absolute atomic E-state index is 0.0910. The zero-order valence-electron chi connectivity index (χ0n) is 10.0. The van der Waals surface area contributed by atoms with Crippen molar-refractivity contribution in [3.8, 4) is 0 Å². The first-order valence-electron chi connectivity index (χ1n) is 5.97. The van der Waals surface area contributed by atoms with Crippen molar-refractivity contribution in [1.29, 1.82) is 0 Å². The lowest BCUT2D eigenvalue weighted by Crippen LogP contribution is -2.48. The SMILES string of the molecule is NC1(CC(=O)NCC(F)(F)C(F)F)CCCCC1. The molecule has 18 heavy (non-hydrogen) atoms. The van der Waals surface area contributed by atoms with Crippen LogP contribution in [-0.4, -0.2) is 30.3 Å². The molecule has 0 unspecified atom stereocenters. The summed E-state index contributed by atoms with van der Waals surface area (Å²) in [4.78, 5) is 11.4. The topological polar surface area (TPSA) is 55.1 Å². The molecule has 0 radical (unpaired) electrons. The number of halogens is 4. The lowest BCUT2D eigenvalue weighted by atomic mass is 9.80. The van der Waals surface area contributed by atoms with Crippen LogP contribution in [0.3, 0.4) is 0 Å². The van der Waals surface area contributed by atoms with Crippen LogP contribution in [0.2, 0.25) is 0 Å². The number of hydrogen-bond acceptors (Lipinski definition) is 2. The molecule has 0 heterocycles. The predicted octanol–water partition coefficient (Wildman–Crippen LogP) is 2.05. The minimum Gasteiger partial charge on any atom is -0.350 e. The van der Waals surface area contributed by atoms with Gasteiger partial charge in [0, 0.05) is 12.0 Å². The van der Waals surface area contributed by atoms with Crippen molar-refractivity contribution in [1.82, 2.24) is 5.32 Å². The van der Waals surface area contributed by atoms with Gasteiger partial charge in [-0.25, -0.2) is 8.78 Å². The van der Waals surface area contributed by atoms with Gasteiger partial charge in [0.05, 0.1) is 6.54 Å². The third-order valence-electron chi connectivity index (χ3n) is 3.20. The highest BCUT2D eigenvalue weighted by molar-refractivity contribution is 5.77. The van der Waals surface area contributed by atoms with Crippen LogP contribution in [0, 0.1) is 0 Å². The first-order chi connectivity index (χ1) is 8.25. The Morgan fingerprint density at radius 3 is 2.33 bits per heavy atom. The summed E-state index contributed by atoms with van der Waals surface area (Å²) in [5.41, 5.74) is 5.28. The molecule has 3 nitrogen and oxygen atoms in total. The van der Waals surface area contributed by atoms with Crippen LogP contribution in [0.1, 0.15) is 38.5 Å². The third-order valence-corrected chi connectivity index (χ3v) is 3.20. The van der Waals surface area contributed by atoms with Crippen molar-refractivity contribution < 1.29 is 22.4 Å². The van der Waals surface area contributed by atoms with E-state index in [1.807, 2.05) is 5.32 Å². The summed E-state index contributed by atoms with van der Waals surface area (Å²) >= 11 is 0. The maximum Gasteiger partial charge on any atom is 0.324 e. The zero-order chi connectivity index (χ0) is 13.8. The van der Waals surface area contributed by atoms with Gasteiger partial charge in [0.2, 0.25) is 5.91 Å². The van der Waals surface area contributed by atoms with E-state index in [9.17, 15) is 22.4 Å². The molecule has 0 aromatic carbocycles. The largest absolute Gasteiger partial charge is 0.350 e.